The molecule has 14 nitrogen and oxygen atoms in total. The van der Waals surface area contributed by atoms with Crippen LogP contribution in [-0.4, -0.2) is 82.2 Å². The number of amides is 2. The molecule has 0 unspecified atom stereocenters. The summed E-state index contributed by atoms with van der Waals surface area (Å²) in [5.74, 6) is -5.66. The van der Waals surface area contributed by atoms with Gasteiger partial charge in [-0.2, -0.15) is 0 Å². The molecule has 0 aliphatic rings. The normalized spacial score (nSPS) is 13.4. The topological polar surface area (TPSA) is 220 Å². The van der Waals surface area contributed by atoms with Gasteiger partial charge in [0.1, 0.15) is 12.1 Å². The van der Waals surface area contributed by atoms with Gasteiger partial charge in [0.2, 0.25) is 11.8 Å². The van der Waals surface area contributed by atoms with Crippen molar-refractivity contribution in [2.75, 3.05) is 9.80 Å². The van der Waals surface area contributed by atoms with Gasteiger partial charge in [-0.1, -0.05) is 139 Å². The molecule has 0 radical (unpaired) electrons. The summed E-state index contributed by atoms with van der Waals surface area (Å²) in [6.45, 7) is 14.2. The van der Waals surface area contributed by atoms with Crippen molar-refractivity contribution in [2.45, 2.75) is 130 Å². The summed E-state index contributed by atoms with van der Waals surface area (Å²) >= 11 is 0. The van der Waals surface area contributed by atoms with Gasteiger partial charge in [-0.15, -0.1) is 0 Å². The SMILES string of the molecule is CCC[C@H](N[C@@H](CC(C)C)C(=O)N(c1ccc(-c2ccccc2)cc1)[C@@H](C)C(=O)[O-])C(=O)O.CCC[C@H](N[C@@H](CC(C)C)C(=O)N(c1ccc(-c2ccccc2)cc1)[C@@H](C)C(=O)[O-])C(=O)O.[Li+].[Li+]. The number of hydrogen-bond donors (Lipinski definition) is 4. The first-order valence-electron chi connectivity index (χ1n) is 22.7. The summed E-state index contributed by atoms with van der Waals surface area (Å²) in [6.07, 6.45) is 2.72. The average Bonchev–Trinajstić information content (AvgIpc) is 3.28. The van der Waals surface area contributed by atoms with E-state index in [1.54, 1.807) is 24.3 Å². The second-order valence-electron chi connectivity index (χ2n) is 17.3. The van der Waals surface area contributed by atoms with Crippen LogP contribution in [0.15, 0.2) is 109 Å². The van der Waals surface area contributed by atoms with Crippen molar-refractivity contribution >= 4 is 47.1 Å². The number of carbonyl (C=O) groups excluding carboxylic acids is 4. The minimum Gasteiger partial charge on any atom is -0.548 e. The van der Waals surface area contributed by atoms with Crippen molar-refractivity contribution in [3.63, 3.8) is 0 Å². The molecule has 4 aromatic rings. The Kier molecular flexibility index (Phi) is 27.1. The first-order valence-corrected chi connectivity index (χ1v) is 22.7. The van der Waals surface area contributed by atoms with Crippen LogP contribution < -0.4 is 68.4 Å². The quantitative estimate of drug-likeness (QED) is 0.0692. The predicted molar refractivity (Wildman–Crippen MR) is 253 cm³/mol. The molecule has 0 spiro atoms. The first-order chi connectivity index (χ1) is 31.3. The van der Waals surface area contributed by atoms with Crippen molar-refractivity contribution in [2.24, 2.45) is 11.8 Å². The summed E-state index contributed by atoms with van der Waals surface area (Å²) in [6, 6.07) is 27.5. The Balaban J connectivity index is 0.000000661. The number of aliphatic carboxylic acids is 4. The van der Waals surface area contributed by atoms with Crippen LogP contribution in [-0.2, 0) is 28.8 Å². The minimum absolute atomic E-state index is 0. The fourth-order valence-corrected chi connectivity index (χ4v) is 7.56. The van der Waals surface area contributed by atoms with Crippen LogP contribution in [0.25, 0.3) is 22.3 Å². The molecule has 4 N–H and O–H groups in total. The molecular formula is C52H66Li2N4O10. The maximum atomic E-state index is 13.6. The van der Waals surface area contributed by atoms with Crippen molar-refractivity contribution in [3.8, 4) is 22.3 Å². The number of benzene rings is 4. The molecule has 0 fully saturated rings. The fourth-order valence-electron chi connectivity index (χ4n) is 7.56. The van der Waals surface area contributed by atoms with Crippen LogP contribution in [0, 0.1) is 11.8 Å². The molecule has 0 saturated heterocycles. The van der Waals surface area contributed by atoms with Crippen LogP contribution in [0.1, 0.15) is 93.9 Å². The number of nitrogens with one attached hydrogen (secondary N) is 2. The van der Waals surface area contributed by atoms with E-state index in [1.807, 2.05) is 126 Å². The molecule has 0 aliphatic heterocycles. The van der Waals surface area contributed by atoms with Gasteiger partial charge in [0.05, 0.1) is 36.1 Å². The number of hydrogen-bond acceptors (Lipinski definition) is 10. The van der Waals surface area contributed by atoms with Gasteiger partial charge in [-0.25, -0.2) is 0 Å². The molecule has 2 amide bonds. The molecule has 356 valence electrons. The third-order valence-corrected chi connectivity index (χ3v) is 11.0. The van der Waals surface area contributed by atoms with Crippen molar-refractivity contribution < 1.29 is 86.9 Å². The summed E-state index contributed by atoms with van der Waals surface area (Å²) < 4.78 is 0. The van der Waals surface area contributed by atoms with Crippen molar-refractivity contribution in [3.05, 3.63) is 109 Å². The average molecular weight is 921 g/mol. The molecule has 0 aromatic heterocycles. The van der Waals surface area contributed by atoms with Crippen LogP contribution in [0.2, 0.25) is 0 Å². The molecule has 0 bridgehead atoms. The molecule has 68 heavy (non-hydrogen) atoms. The van der Waals surface area contributed by atoms with E-state index in [9.17, 15) is 49.2 Å². The standard InChI is InChI=1S/2C26H34N2O5.2Li/c2*1-5-9-22(26(32)33)27-23(16-17(2)3)24(29)28(18(4)25(30)31)21-14-12-20(13-15-21)19-10-7-6-8-11-19;;/h2*6-8,10-15,17-18,22-23,27H,5,9,16H2,1-4H3,(H,30,31)(H,32,33);;/q;;2*+1/p-2/t2*18-,22-,23-;;/m00../s1. The number of carboxylic acid groups (broad SMARTS) is 4. The Hall–Kier alpha value is -5.19. The van der Waals surface area contributed by atoms with Gasteiger partial charge in [-0.3, -0.25) is 29.8 Å². The number of carbonyl (C=O) groups is 6. The van der Waals surface area contributed by atoms with E-state index < -0.39 is 71.9 Å². The van der Waals surface area contributed by atoms with Gasteiger partial charge in [0.15, 0.2) is 0 Å². The Bertz CT molecular complexity index is 2020. The van der Waals surface area contributed by atoms with E-state index in [4.69, 9.17) is 0 Å². The maximum Gasteiger partial charge on any atom is 1.00 e. The minimum atomic E-state index is -1.39. The zero-order chi connectivity index (χ0) is 49.1. The smallest absolute Gasteiger partial charge is 0.548 e. The zero-order valence-corrected chi connectivity index (χ0v) is 41.3. The predicted octanol–water partition coefficient (Wildman–Crippen LogP) is 0.173. The van der Waals surface area contributed by atoms with E-state index >= 15 is 0 Å². The third-order valence-electron chi connectivity index (χ3n) is 11.0. The van der Waals surface area contributed by atoms with Gasteiger partial charge in [0, 0.05) is 11.4 Å². The summed E-state index contributed by atoms with van der Waals surface area (Å²) in [4.78, 5) is 76.5. The molecule has 0 heterocycles. The Labute approximate surface area is 425 Å². The summed E-state index contributed by atoms with van der Waals surface area (Å²) in [7, 11) is 0. The molecule has 4 aromatic carbocycles. The van der Waals surface area contributed by atoms with E-state index in [2.05, 4.69) is 10.6 Å². The number of nitrogens with zero attached hydrogens (tertiary/aromatic N) is 2. The molecular weight excluding hydrogens is 854 g/mol. The van der Waals surface area contributed by atoms with Crippen LogP contribution in [0.4, 0.5) is 11.4 Å². The molecule has 6 atom stereocenters. The van der Waals surface area contributed by atoms with Gasteiger partial charge < -0.3 is 39.8 Å². The Morgan fingerprint density at radius 2 is 0.750 bits per heavy atom. The van der Waals surface area contributed by atoms with E-state index in [1.165, 1.54) is 23.6 Å². The van der Waals surface area contributed by atoms with Crippen LogP contribution in [0.5, 0.6) is 0 Å². The molecule has 16 heteroatoms. The summed E-state index contributed by atoms with van der Waals surface area (Å²) in [5.41, 5.74) is 4.68. The number of rotatable bonds is 24. The Morgan fingerprint density at radius 1 is 0.471 bits per heavy atom. The fraction of sp³-hybridized carbons (Fsp3) is 0.423. The monoisotopic (exact) mass is 921 g/mol. The Morgan fingerprint density at radius 3 is 0.985 bits per heavy atom. The van der Waals surface area contributed by atoms with E-state index in [0.717, 1.165) is 22.3 Å². The first kappa shape index (κ1) is 60.8. The maximum absolute atomic E-state index is 13.6. The zero-order valence-electron chi connectivity index (χ0n) is 41.3. The largest absolute Gasteiger partial charge is 1.00 e. The number of carboxylic acids is 4. The molecule has 4 rings (SSSR count). The molecule has 0 aliphatic carbocycles. The second-order valence-corrected chi connectivity index (χ2v) is 17.3. The second kappa shape index (κ2) is 30.3. The van der Waals surface area contributed by atoms with Crippen molar-refractivity contribution in [1.82, 2.24) is 10.6 Å². The molecule has 0 saturated carbocycles. The summed E-state index contributed by atoms with van der Waals surface area (Å²) in [5, 5.41) is 48.6. The van der Waals surface area contributed by atoms with Gasteiger partial charge >= 0.3 is 49.7 Å². The van der Waals surface area contributed by atoms with Crippen LogP contribution in [0.3, 0.4) is 0 Å². The van der Waals surface area contributed by atoms with Crippen molar-refractivity contribution in [1.29, 1.82) is 0 Å². The van der Waals surface area contributed by atoms with Gasteiger partial charge in [-0.05, 0) is 97.9 Å². The number of anilines is 2. The van der Waals surface area contributed by atoms with E-state index in [-0.39, 0.29) is 49.6 Å². The van der Waals surface area contributed by atoms with E-state index in [0.29, 0.717) is 49.9 Å². The van der Waals surface area contributed by atoms with Crippen LogP contribution >= 0.6 is 0 Å². The van der Waals surface area contributed by atoms with Gasteiger partial charge in [0.25, 0.3) is 0 Å². The third kappa shape index (κ3) is 18.4.